The summed E-state index contributed by atoms with van der Waals surface area (Å²) in [5.74, 6) is 0.144. The molecule has 1 saturated carbocycles. The maximum atomic E-state index is 13.2. The highest BCUT2D eigenvalue weighted by atomic mass is 35.5. The summed E-state index contributed by atoms with van der Waals surface area (Å²) in [7, 11) is -4.16. The monoisotopic (exact) mass is 588 g/mol. The van der Waals surface area contributed by atoms with Gasteiger partial charge in [-0.2, -0.15) is 0 Å². The second kappa shape index (κ2) is 12.1. The normalized spacial score (nSPS) is 29.9. The van der Waals surface area contributed by atoms with Crippen LogP contribution in [0.1, 0.15) is 60.5 Å². The Morgan fingerprint density at radius 1 is 1.07 bits per heavy atom. The lowest BCUT2D eigenvalue weighted by Gasteiger charge is -2.42. The molecule has 0 unspecified atom stereocenters. The zero-order valence-corrected chi connectivity index (χ0v) is 24.2. The Labute approximate surface area is 241 Å². The van der Waals surface area contributed by atoms with Gasteiger partial charge >= 0.3 is 0 Å². The third kappa shape index (κ3) is 6.33. The molecule has 0 radical (unpaired) electrons. The molecule has 8 nitrogen and oxygen atoms in total. The number of aryl methyl sites for hydroxylation is 1. The van der Waals surface area contributed by atoms with E-state index in [0.717, 1.165) is 48.9 Å². The minimum absolute atomic E-state index is 0.0562. The second-order valence-electron chi connectivity index (χ2n) is 11.2. The molecule has 2 aromatic carbocycles. The number of hydrogen-bond acceptors (Lipinski definition) is 7. The van der Waals surface area contributed by atoms with Crippen molar-refractivity contribution in [1.29, 1.82) is 0 Å². The lowest BCUT2D eigenvalue weighted by molar-refractivity contribution is 0.0459. The fraction of sp³-hybridized carbons (Fsp3) is 0.500. The van der Waals surface area contributed by atoms with E-state index >= 15 is 0 Å². The molecule has 40 heavy (non-hydrogen) atoms. The van der Waals surface area contributed by atoms with E-state index < -0.39 is 33.4 Å². The van der Waals surface area contributed by atoms with Crippen LogP contribution in [0.25, 0.3) is 0 Å². The van der Waals surface area contributed by atoms with Crippen molar-refractivity contribution in [2.75, 3.05) is 18.0 Å². The molecule has 5 atom stereocenters. The van der Waals surface area contributed by atoms with Crippen LogP contribution in [-0.2, 0) is 23.1 Å². The molecule has 2 aromatic rings. The first-order valence-electron chi connectivity index (χ1n) is 14.0. The summed E-state index contributed by atoms with van der Waals surface area (Å²) in [5, 5.41) is 20.9. The molecule has 2 heterocycles. The van der Waals surface area contributed by atoms with E-state index in [1.54, 1.807) is 30.4 Å². The first kappa shape index (κ1) is 28.9. The number of carbonyl (C=O) groups is 1. The molecule has 2 bridgehead atoms. The van der Waals surface area contributed by atoms with Crippen LogP contribution in [0.15, 0.2) is 48.6 Å². The summed E-state index contributed by atoms with van der Waals surface area (Å²) in [5.41, 5.74) is 3.11. The van der Waals surface area contributed by atoms with Gasteiger partial charge in [0.05, 0.1) is 17.9 Å². The Hall–Kier alpha value is -2.59. The van der Waals surface area contributed by atoms with Crippen molar-refractivity contribution in [2.24, 2.45) is 11.8 Å². The molecule has 10 heteroatoms. The van der Waals surface area contributed by atoms with Crippen molar-refractivity contribution in [3.05, 3.63) is 70.3 Å². The fourth-order valence-corrected chi connectivity index (χ4v) is 7.09. The number of fused-ring (bicyclic) bond motifs is 3. The van der Waals surface area contributed by atoms with Crippen LogP contribution in [0, 0.1) is 11.8 Å². The van der Waals surface area contributed by atoms with Gasteiger partial charge < -0.3 is 19.8 Å². The number of halogens is 1. The number of benzene rings is 2. The molecule has 1 fully saturated rings. The summed E-state index contributed by atoms with van der Waals surface area (Å²) in [6.45, 7) is 3.09. The quantitative estimate of drug-likeness (QED) is 0.395. The van der Waals surface area contributed by atoms with Crippen molar-refractivity contribution < 1.29 is 28.2 Å². The maximum Gasteiger partial charge on any atom is 0.264 e. The average Bonchev–Trinajstić information content (AvgIpc) is 2.92. The van der Waals surface area contributed by atoms with Gasteiger partial charge in [0.15, 0.2) is 0 Å². The molecular weight excluding hydrogens is 552 g/mol. The van der Waals surface area contributed by atoms with E-state index in [1.807, 2.05) is 18.2 Å². The minimum Gasteiger partial charge on any atom is -0.487 e. The van der Waals surface area contributed by atoms with Crippen LogP contribution >= 0.6 is 11.6 Å². The highest BCUT2D eigenvalue weighted by Crippen LogP contribution is 2.41. The zero-order valence-electron chi connectivity index (χ0n) is 22.6. The van der Waals surface area contributed by atoms with E-state index in [-0.39, 0.29) is 23.8 Å². The van der Waals surface area contributed by atoms with Crippen LogP contribution in [-0.4, -0.2) is 55.1 Å². The van der Waals surface area contributed by atoms with Crippen LogP contribution < -0.4 is 14.4 Å². The number of aliphatic hydroxyl groups is 2. The molecule has 1 amide bonds. The van der Waals surface area contributed by atoms with Gasteiger partial charge in [0, 0.05) is 23.7 Å². The van der Waals surface area contributed by atoms with E-state index in [9.17, 15) is 23.4 Å². The number of aliphatic hydroxyl groups excluding tert-OH is 2. The minimum atomic E-state index is -4.16. The predicted octanol–water partition coefficient (Wildman–Crippen LogP) is 4.22. The lowest BCUT2D eigenvalue weighted by atomic mass is 9.70. The van der Waals surface area contributed by atoms with Gasteiger partial charge in [0.2, 0.25) is 10.0 Å². The topological polar surface area (TPSA) is 116 Å². The maximum absolute atomic E-state index is 13.2. The van der Waals surface area contributed by atoms with E-state index in [2.05, 4.69) is 9.62 Å². The molecule has 1 aliphatic carbocycles. The van der Waals surface area contributed by atoms with E-state index in [0.29, 0.717) is 30.5 Å². The van der Waals surface area contributed by atoms with Gasteiger partial charge in [-0.15, -0.1) is 0 Å². The number of rotatable bonds is 0. The van der Waals surface area contributed by atoms with Crippen LogP contribution in [0.2, 0.25) is 5.02 Å². The number of amides is 1. The number of carbonyl (C=O) groups excluding carboxylic acids is 1. The molecule has 0 aromatic heterocycles. The van der Waals surface area contributed by atoms with E-state index in [4.69, 9.17) is 16.3 Å². The first-order chi connectivity index (χ1) is 19.1. The Balaban J connectivity index is 1.54. The lowest BCUT2D eigenvalue weighted by Crippen LogP contribution is -2.44. The highest BCUT2D eigenvalue weighted by Gasteiger charge is 2.37. The summed E-state index contributed by atoms with van der Waals surface area (Å²) in [6.07, 6.45) is 6.01. The van der Waals surface area contributed by atoms with Crippen molar-refractivity contribution in [1.82, 2.24) is 4.72 Å². The standard InChI is InChI=1S/C30H37ClN2O6S/c1-19-27(34)6-4-7-28(35)25-12-9-22(25)17-33-14-3-2-5-20-15-24(31)11-8-23(20)18-39-29-13-10-21(16-26(29)33)30(36)32-40(19,37)38/h4,7-8,10-11,13,15-16,19,22,25,27-28,34-35H,2-3,5-6,9,12,14,17-18H2,1H3,(H,32,36)/b7-4+/t19-,22+,25-,27+,28+/m1/s1. The van der Waals surface area contributed by atoms with Crippen molar-refractivity contribution in [3.63, 3.8) is 0 Å². The Morgan fingerprint density at radius 3 is 2.67 bits per heavy atom. The third-order valence-electron chi connectivity index (χ3n) is 8.58. The summed E-state index contributed by atoms with van der Waals surface area (Å²) in [6, 6.07) is 10.8. The van der Waals surface area contributed by atoms with Gasteiger partial charge in [-0.1, -0.05) is 29.8 Å². The number of hydrogen-bond donors (Lipinski definition) is 3. The van der Waals surface area contributed by atoms with Gasteiger partial charge in [-0.3, -0.25) is 4.79 Å². The third-order valence-corrected chi connectivity index (χ3v) is 10.6. The van der Waals surface area contributed by atoms with Crippen LogP contribution in [0.3, 0.4) is 0 Å². The number of sulfonamides is 1. The Kier molecular flexibility index (Phi) is 8.75. The molecule has 5 rings (SSSR count). The van der Waals surface area contributed by atoms with Crippen molar-refractivity contribution in [2.45, 2.75) is 69.5 Å². The second-order valence-corrected chi connectivity index (χ2v) is 13.7. The van der Waals surface area contributed by atoms with Crippen molar-refractivity contribution in [3.8, 4) is 5.75 Å². The zero-order chi connectivity index (χ0) is 28.4. The largest absolute Gasteiger partial charge is 0.487 e. The molecule has 3 aliphatic rings. The Bertz CT molecular complexity index is 1380. The van der Waals surface area contributed by atoms with Gasteiger partial charge in [-0.05, 0) is 98.7 Å². The smallest absolute Gasteiger partial charge is 0.264 e. The van der Waals surface area contributed by atoms with Crippen molar-refractivity contribution >= 4 is 33.2 Å². The number of nitrogens with zero attached hydrogens (tertiary/aromatic N) is 1. The van der Waals surface area contributed by atoms with Crippen LogP contribution in [0.5, 0.6) is 5.75 Å². The predicted molar refractivity (Wildman–Crippen MR) is 155 cm³/mol. The Morgan fingerprint density at radius 2 is 1.90 bits per heavy atom. The van der Waals surface area contributed by atoms with E-state index in [1.165, 1.54) is 6.92 Å². The summed E-state index contributed by atoms with van der Waals surface area (Å²) >= 11 is 6.28. The number of anilines is 1. The number of ether oxygens (including phenoxy) is 1. The molecule has 216 valence electrons. The number of nitrogens with one attached hydrogen (secondary N) is 1. The molecular formula is C30H37ClN2O6S. The molecule has 0 saturated heterocycles. The van der Waals surface area contributed by atoms with Crippen LogP contribution in [0.4, 0.5) is 5.69 Å². The van der Waals surface area contributed by atoms with Gasteiger partial charge in [0.25, 0.3) is 5.91 Å². The fourth-order valence-electron chi connectivity index (χ4n) is 5.81. The SMILES string of the molecule is C[C@@H]1[C@@H](O)C/C=C/[C@H](O)[C@@H]2CC[C@H]2CN2CCCCc3cc(Cl)ccc3COc3ccc(cc32)C(=O)NS1(=O)=O. The molecule has 2 aliphatic heterocycles. The van der Waals surface area contributed by atoms with Gasteiger partial charge in [0.1, 0.15) is 17.6 Å². The highest BCUT2D eigenvalue weighted by molar-refractivity contribution is 7.90. The first-order valence-corrected chi connectivity index (χ1v) is 15.9. The summed E-state index contributed by atoms with van der Waals surface area (Å²) in [4.78, 5) is 15.4. The molecule has 0 spiro atoms. The molecule has 3 N–H and O–H groups in total. The van der Waals surface area contributed by atoms with Gasteiger partial charge in [-0.25, -0.2) is 13.1 Å². The average molecular weight is 589 g/mol. The summed E-state index contributed by atoms with van der Waals surface area (Å²) < 4.78 is 34.3.